The van der Waals surface area contributed by atoms with Gasteiger partial charge >= 0.3 is 5.97 Å². The topological polar surface area (TPSA) is 103 Å². The molecular formula is C18H16BrFN2O6. The second kappa shape index (κ2) is 9.70. The molecule has 0 aliphatic heterocycles. The molecule has 2 N–H and O–H groups in total. The Balaban J connectivity index is 1.86. The van der Waals surface area contributed by atoms with Crippen LogP contribution in [0.25, 0.3) is 0 Å². The number of carbonyl (C=O) groups excluding carboxylic acids is 3. The molecule has 0 fully saturated rings. The van der Waals surface area contributed by atoms with Gasteiger partial charge in [0, 0.05) is 10.0 Å². The molecule has 2 aromatic rings. The van der Waals surface area contributed by atoms with E-state index in [2.05, 4.69) is 26.8 Å². The summed E-state index contributed by atoms with van der Waals surface area (Å²) in [6, 6.07) is 7.86. The molecule has 0 radical (unpaired) electrons. The lowest BCUT2D eigenvalue weighted by Crippen LogP contribution is -2.43. The molecule has 0 unspecified atom stereocenters. The number of carbonyl (C=O) groups is 3. The van der Waals surface area contributed by atoms with Crippen LogP contribution >= 0.6 is 15.9 Å². The maximum absolute atomic E-state index is 13.0. The van der Waals surface area contributed by atoms with Crippen molar-refractivity contribution in [3.63, 3.8) is 0 Å². The standard InChI is InChI=1S/C18H16BrFN2O6/c1-26-14-6-3-10(7-15(14)27-2)17(24)22-21-16(23)9-28-18(25)12-5-4-11(20)8-13(12)19/h3-8H,9H2,1-2H3,(H,21,23)(H,22,24). The number of methoxy groups -OCH3 is 2. The Labute approximate surface area is 168 Å². The molecule has 0 aliphatic rings. The minimum absolute atomic E-state index is 0.0589. The van der Waals surface area contributed by atoms with Crippen LogP contribution in [0.15, 0.2) is 40.9 Å². The molecular weight excluding hydrogens is 439 g/mol. The van der Waals surface area contributed by atoms with E-state index in [1.165, 1.54) is 38.5 Å². The van der Waals surface area contributed by atoms with Crippen molar-refractivity contribution in [2.75, 3.05) is 20.8 Å². The van der Waals surface area contributed by atoms with Crippen LogP contribution in [0.5, 0.6) is 11.5 Å². The number of hydrogen-bond acceptors (Lipinski definition) is 6. The lowest BCUT2D eigenvalue weighted by atomic mass is 10.2. The highest BCUT2D eigenvalue weighted by molar-refractivity contribution is 9.10. The summed E-state index contributed by atoms with van der Waals surface area (Å²) in [6.45, 7) is -0.644. The van der Waals surface area contributed by atoms with Crippen LogP contribution in [0.2, 0.25) is 0 Å². The predicted molar refractivity (Wildman–Crippen MR) is 99.5 cm³/mol. The number of amides is 2. The van der Waals surface area contributed by atoms with Gasteiger partial charge in [0.25, 0.3) is 11.8 Å². The van der Waals surface area contributed by atoms with E-state index in [4.69, 9.17) is 14.2 Å². The molecule has 0 spiro atoms. The predicted octanol–water partition coefficient (Wildman–Crippen LogP) is 2.22. The quantitative estimate of drug-likeness (QED) is 0.512. The highest BCUT2D eigenvalue weighted by Crippen LogP contribution is 2.27. The molecule has 10 heteroatoms. The molecule has 0 saturated carbocycles. The Morgan fingerprint density at radius 3 is 2.36 bits per heavy atom. The van der Waals surface area contributed by atoms with Gasteiger partial charge in [-0.3, -0.25) is 20.4 Å². The number of halogens is 2. The van der Waals surface area contributed by atoms with Crippen molar-refractivity contribution in [2.24, 2.45) is 0 Å². The van der Waals surface area contributed by atoms with E-state index in [0.29, 0.717) is 11.5 Å². The van der Waals surface area contributed by atoms with Crippen molar-refractivity contribution in [1.82, 2.24) is 10.9 Å². The van der Waals surface area contributed by atoms with Crippen molar-refractivity contribution in [3.8, 4) is 11.5 Å². The number of benzene rings is 2. The molecule has 0 bridgehead atoms. The number of esters is 1. The van der Waals surface area contributed by atoms with E-state index in [0.717, 1.165) is 12.1 Å². The Morgan fingerprint density at radius 1 is 1.00 bits per heavy atom. The zero-order valence-corrected chi connectivity index (χ0v) is 16.5. The Bertz CT molecular complexity index is 906. The number of ether oxygens (including phenoxy) is 3. The van der Waals surface area contributed by atoms with Crippen molar-refractivity contribution in [2.45, 2.75) is 0 Å². The summed E-state index contributed by atoms with van der Waals surface area (Å²) >= 11 is 3.03. The van der Waals surface area contributed by atoms with Gasteiger partial charge in [-0.2, -0.15) is 0 Å². The van der Waals surface area contributed by atoms with Crippen molar-refractivity contribution in [1.29, 1.82) is 0 Å². The van der Waals surface area contributed by atoms with Crippen LogP contribution in [-0.2, 0) is 9.53 Å². The Hall–Kier alpha value is -3.14. The van der Waals surface area contributed by atoms with E-state index in [1.54, 1.807) is 0 Å². The Morgan fingerprint density at radius 2 is 1.71 bits per heavy atom. The van der Waals surface area contributed by atoms with Gasteiger partial charge < -0.3 is 14.2 Å². The fraction of sp³-hybridized carbons (Fsp3) is 0.167. The first kappa shape index (κ1) is 21.2. The highest BCUT2D eigenvalue weighted by Gasteiger charge is 2.15. The molecule has 0 aromatic heterocycles. The van der Waals surface area contributed by atoms with Crippen LogP contribution in [0, 0.1) is 5.82 Å². The summed E-state index contributed by atoms with van der Waals surface area (Å²) in [6.07, 6.45) is 0. The third-order valence-corrected chi connectivity index (χ3v) is 4.10. The van der Waals surface area contributed by atoms with Gasteiger partial charge in [0.2, 0.25) is 0 Å². The zero-order chi connectivity index (χ0) is 20.7. The third-order valence-electron chi connectivity index (χ3n) is 3.45. The molecule has 0 atom stereocenters. The Kier molecular flexibility index (Phi) is 7.33. The van der Waals surface area contributed by atoms with E-state index in [9.17, 15) is 18.8 Å². The monoisotopic (exact) mass is 454 g/mol. The maximum atomic E-state index is 13.0. The first-order valence-corrected chi connectivity index (χ1v) is 8.58. The molecule has 0 aliphatic carbocycles. The molecule has 2 rings (SSSR count). The van der Waals surface area contributed by atoms with Gasteiger partial charge in [-0.05, 0) is 52.3 Å². The van der Waals surface area contributed by atoms with Crippen molar-refractivity contribution >= 4 is 33.7 Å². The molecule has 148 valence electrons. The van der Waals surface area contributed by atoms with Gasteiger partial charge in [-0.25, -0.2) is 9.18 Å². The molecule has 0 saturated heterocycles. The molecule has 0 heterocycles. The average Bonchev–Trinajstić information content (AvgIpc) is 2.69. The molecule has 2 aromatic carbocycles. The fourth-order valence-electron chi connectivity index (χ4n) is 2.08. The first-order valence-electron chi connectivity index (χ1n) is 7.79. The summed E-state index contributed by atoms with van der Waals surface area (Å²) in [5, 5.41) is 0. The summed E-state index contributed by atoms with van der Waals surface area (Å²) in [7, 11) is 2.89. The second-order valence-electron chi connectivity index (χ2n) is 5.27. The summed E-state index contributed by atoms with van der Waals surface area (Å²) in [5.41, 5.74) is 4.57. The summed E-state index contributed by atoms with van der Waals surface area (Å²) < 4.78 is 28.2. The lowest BCUT2D eigenvalue weighted by molar-refractivity contribution is -0.125. The van der Waals surface area contributed by atoms with Crippen molar-refractivity contribution < 1.29 is 33.0 Å². The first-order chi connectivity index (χ1) is 13.3. The largest absolute Gasteiger partial charge is 0.493 e. The molecule has 2 amide bonds. The van der Waals surface area contributed by atoms with Crippen LogP contribution in [-0.4, -0.2) is 38.6 Å². The third kappa shape index (κ3) is 5.43. The molecule has 28 heavy (non-hydrogen) atoms. The maximum Gasteiger partial charge on any atom is 0.339 e. The number of hydrazine groups is 1. The number of nitrogens with one attached hydrogen (secondary N) is 2. The van der Waals surface area contributed by atoms with Gasteiger partial charge in [0.1, 0.15) is 5.82 Å². The second-order valence-corrected chi connectivity index (χ2v) is 6.13. The van der Waals surface area contributed by atoms with Gasteiger partial charge in [-0.1, -0.05) is 0 Å². The van der Waals surface area contributed by atoms with E-state index >= 15 is 0 Å². The average molecular weight is 455 g/mol. The van der Waals surface area contributed by atoms with Gasteiger partial charge in [0.15, 0.2) is 18.1 Å². The normalized spacial score (nSPS) is 10.0. The molecule has 8 nitrogen and oxygen atoms in total. The van der Waals surface area contributed by atoms with E-state index in [-0.39, 0.29) is 15.6 Å². The zero-order valence-electron chi connectivity index (χ0n) is 14.9. The minimum Gasteiger partial charge on any atom is -0.493 e. The van der Waals surface area contributed by atoms with Crippen LogP contribution < -0.4 is 20.3 Å². The van der Waals surface area contributed by atoms with Crippen LogP contribution in [0.4, 0.5) is 4.39 Å². The van der Waals surface area contributed by atoms with Gasteiger partial charge in [-0.15, -0.1) is 0 Å². The fourth-order valence-corrected chi connectivity index (χ4v) is 2.59. The summed E-state index contributed by atoms with van der Waals surface area (Å²) in [5.74, 6) is -1.93. The van der Waals surface area contributed by atoms with Crippen LogP contribution in [0.3, 0.4) is 0 Å². The lowest BCUT2D eigenvalue weighted by Gasteiger charge is -2.11. The van der Waals surface area contributed by atoms with E-state index < -0.39 is 30.2 Å². The van der Waals surface area contributed by atoms with Crippen molar-refractivity contribution in [3.05, 3.63) is 57.8 Å². The van der Waals surface area contributed by atoms with E-state index in [1.807, 2.05) is 0 Å². The summed E-state index contributed by atoms with van der Waals surface area (Å²) in [4.78, 5) is 35.7. The number of hydrogen-bond donors (Lipinski definition) is 2. The highest BCUT2D eigenvalue weighted by atomic mass is 79.9. The van der Waals surface area contributed by atoms with Crippen LogP contribution in [0.1, 0.15) is 20.7 Å². The minimum atomic E-state index is -0.826. The number of rotatable bonds is 6. The SMILES string of the molecule is COc1ccc(C(=O)NNC(=O)COC(=O)c2ccc(F)cc2Br)cc1OC. The smallest absolute Gasteiger partial charge is 0.339 e. The van der Waals surface area contributed by atoms with Gasteiger partial charge in [0.05, 0.1) is 19.8 Å².